The van der Waals surface area contributed by atoms with Crippen molar-refractivity contribution in [3.8, 4) is 5.75 Å². The summed E-state index contributed by atoms with van der Waals surface area (Å²) in [5.41, 5.74) is 2.92. The van der Waals surface area contributed by atoms with Gasteiger partial charge in [0, 0.05) is 31.6 Å². The van der Waals surface area contributed by atoms with Crippen molar-refractivity contribution in [3.05, 3.63) is 64.5 Å². The Morgan fingerprint density at radius 3 is 2.45 bits per heavy atom. The fourth-order valence-electron chi connectivity index (χ4n) is 3.92. The maximum atomic E-state index is 13.0. The van der Waals surface area contributed by atoms with Crippen LogP contribution in [0.2, 0.25) is 0 Å². The van der Waals surface area contributed by atoms with Crippen molar-refractivity contribution in [1.82, 2.24) is 9.88 Å². The number of carbonyl (C=O) groups is 2. The van der Waals surface area contributed by atoms with Gasteiger partial charge in [-0.3, -0.25) is 14.6 Å². The number of nitrogens with zero attached hydrogens (tertiary/aromatic N) is 2. The third-order valence-corrected chi connectivity index (χ3v) is 5.55. The van der Waals surface area contributed by atoms with Crippen LogP contribution >= 0.6 is 0 Å². The van der Waals surface area contributed by atoms with Crippen LogP contribution in [0.3, 0.4) is 0 Å². The lowest BCUT2D eigenvalue weighted by atomic mass is 9.91. The summed E-state index contributed by atoms with van der Waals surface area (Å²) in [6.07, 6.45) is 3.20. The maximum Gasteiger partial charge on any atom is 0.295 e. The summed E-state index contributed by atoms with van der Waals surface area (Å²) in [5.74, 6) is -0.702. The molecule has 7 heteroatoms. The number of aliphatic hydroxyl groups excluding tert-OH is 1. The van der Waals surface area contributed by atoms with E-state index < -0.39 is 17.7 Å². The van der Waals surface area contributed by atoms with E-state index in [0.29, 0.717) is 11.1 Å². The number of hydrogen-bond acceptors (Lipinski definition) is 6. The Hall–Kier alpha value is -3.19. The lowest BCUT2D eigenvalue weighted by molar-refractivity contribution is -0.140. The van der Waals surface area contributed by atoms with Gasteiger partial charge < -0.3 is 19.5 Å². The van der Waals surface area contributed by atoms with E-state index >= 15 is 0 Å². The molecule has 2 heterocycles. The molecule has 0 aliphatic carbocycles. The number of methoxy groups -OCH3 is 2. The van der Waals surface area contributed by atoms with Crippen LogP contribution in [0.4, 0.5) is 0 Å². The molecule has 164 valence electrons. The molecular formula is C24H28N2O5. The molecular weight excluding hydrogens is 396 g/mol. The number of aromatic nitrogens is 1. The Morgan fingerprint density at radius 2 is 1.87 bits per heavy atom. The standard InChI is InChI=1S/C24H28N2O5/c1-14(2)17-13-18(15(3)12-19(17)31-5)22(27)20-21(16-6-8-25-9-7-16)26(10-11-30-4)24(29)23(20)28/h6-9,12-14,21,27H,10-11H2,1-5H3/b22-20+. The number of rotatable bonds is 7. The van der Waals surface area contributed by atoms with Gasteiger partial charge in [0.2, 0.25) is 0 Å². The first-order chi connectivity index (χ1) is 14.8. The molecule has 0 bridgehead atoms. The van der Waals surface area contributed by atoms with Crippen LogP contribution in [0.15, 0.2) is 42.2 Å². The van der Waals surface area contributed by atoms with Crippen LogP contribution in [-0.2, 0) is 14.3 Å². The number of aliphatic hydroxyl groups is 1. The van der Waals surface area contributed by atoms with Gasteiger partial charge >= 0.3 is 0 Å². The molecule has 1 unspecified atom stereocenters. The predicted octanol–water partition coefficient (Wildman–Crippen LogP) is 3.59. The Morgan fingerprint density at radius 1 is 1.19 bits per heavy atom. The SMILES string of the molecule is COCCN1C(=O)C(=O)/C(=C(/O)c2cc(C(C)C)c(OC)cc2C)C1c1ccncc1. The average Bonchev–Trinajstić information content (AvgIpc) is 3.02. The van der Waals surface area contributed by atoms with Gasteiger partial charge in [-0.1, -0.05) is 13.8 Å². The van der Waals surface area contributed by atoms with Crippen LogP contribution in [-0.4, -0.2) is 54.1 Å². The average molecular weight is 424 g/mol. The van der Waals surface area contributed by atoms with Crippen LogP contribution in [0.1, 0.15) is 48.1 Å². The van der Waals surface area contributed by atoms with Gasteiger partial charge in [0.1, 0.15) is 11.5 Å². The zero-order valence-electron chi connectivity index (χ0n) is 18.5. The minimum Gasteiger partial charge on any atom is -0.507 e. The van der Waals surface area contributed by atoms with Crippen LogP contribution < -0.4 is 4.74 Å². The second-order valence-corrected chi connectivity index (χ2v) is 7.83. The normalized spacial score (nSPS) is 18.1. The van der Waals surface area contributed by atoms with E-state index in [1.165, 1.54) is 12.0 Å². The van der Waals surface area contributed by atoms with Crippen molar-refractivity contribution in [2.45, 2.75) is 32.7 Å². The Balaban J connectivity index is 2.23. The molecule has 1 atom stereocenters. The van der Waals surface area contributed by atoms with Crippen LogP contribution in [0.5, 0.6) is 5.75 Å². The topological polar surface area (TPSA) is 89.0 Å². The quantitative estimate of drug-likeness (QED) is 0.415. The second kappa shape index (κ2) is 9.31. The molecule has 1 amide bonds. The van der Waals surface area contributed by atoms with E-state index in [4.69, 9.17) is 9.47 Å². The fourth-order valence-corrected chi connectivity index (χ4v) is 3.92. The first kappa shape index (κ1) is 22.5. The Labute approximate surface area is 182 Å². The largest absolute Gasteiger partial charge is 0.507 e. The first-order valence-electron chi connectivity index (χ1n) is 10.2. The van der Waals surface area contributed by atoms with E-state index in [1.807, 2.05) is 32.9 Å². The number of carbonyl (C=O) groups excluding carboxylic acids is 2. The molecule has 1 fully saturated rings. The van der Waals surface area contributed by atoms with Gasteiger partial charge in [-0.15, -0.1) is 0 Å². The summed E-state index contributed by atoms with van der Waals surface area (Å²) in [5, 5.41) is 11.3. The molecule has 2 aromatic rings. The summed E-state index contributed by atoms with van der Waals surface area (Å²) < 4.78 is 10.6. The molecule has 0 saturated carbocycles. The second-order valence-electron chi connectivity index (χ2n) is 7.83. The number of pyridine rings is 1. The summed E-state index contributed by atoms with van der Waals surface area (Å²) in [7, 11) is 3.14. The highest BCUT2D eigenvalue weighted by Gasteiger charge is 2.46. The summed E-state index contributed by atoms with van der Waals surface area (Å²) in [6, 6.07) is 6.43. The van der Waals surface area contributed by atoms with Crippen molar-refractivity contribution in [3.63, 3.8) is 0 Å². The zero-order valence-corrected chi connectivity index (χ0v) is 18.5. The molecule has 7 nitrogen and oxygen atoms in total. The molecule has 1 N–H and O–H groups in total. The number of Topliss-reactive ketones (excluding diaryl/α,β-unsaturated/α-hetero) is 1. The number of ketones is 1. The smallest absolute Gasteiger partial charge is 0.295 e. The van der Waals surface area contributed by atoms with Crippen molar-refractivity contribution >= 4 is 17.4 Å². The van der Waals surface area contributed by atoms with Gasteiger partial charge in [-0.05, 0) is 53.8 Å². The third kappa shape index (κ3) is 4.18. The summed E-state index contributed by atoms with van der Waals surface area (Å²) >= 11 is 0. The number of ether oxygens (including phenoxy) is 2. The summed E-state index contributed by atoms with van der Waals surface area (Å²) in [6.45, 7) is 6.39. The predicted molar refractivity (Wildman–Crippen MR) is 117 cm³/mol. The molecule has 31 heavy (non-hydrogen) atoms. The maximum absolute atomic E-state index is 13.0. The molecule has 1 aromatic carbocycles. The van der Waals surface area contributed by atoms with Gasteiger partial charge in [-0.25, -0.2) is 0 Å². The van der Waals surface area contributed by atoms with Gasteiger partial charge in [0.25, 0.3) is 11.7 Å². The van der Waals surface area contributed by atoms with Gasteiger partial charge in [0.05, 0.1) is 25.3 Å². The molecule has 0 spiro atoms. The molecule has 1 aliphatic heterocycles. The first-order valence-corrected chi connectivity index (χ1v) is 10.2. The van der Waals surface area contributed by atoms with E-state index in [9.17, 15) is 14.7 Å². The number of likely N-dealkylation sites (tertiary alicyclic amines) is 1. The van der Waals surface area contributed by atoms with E-state index in [-0.39, 0.29) is 30.4 Å². The molecule has 3 rings (SSSR count). The van der Waals surface area contributed by atoms with Crippen molar-refractivity contribution < 1.29 is 24.2 Å². The summed E-state index contributed by atoms with van der Waals surface area (Å²) in [4.78, 5) is 31.4. The number of benzene rings is 1. The molecule has 1 aliphatic rings. The third-order valence-electron chi connectivity index (χ3n) is 5.55. The van der Waals surface area contributed by atoms with Gasteiger partial charge in [-0.2, -0.15) is 0 Å². The Bertz CT molecular complexity index is 1010. The van der Waals surface area contributed by atoms with E-state index in [1.54, 1.807) is 31.6 Å². The van der Waals surface area contributed by atoms with Crippen LogP contribution in [0, 0.1) is 6.92 Å². The fraction of sp³-hybridized carbons (Fsp3) is 0.375. The number of aryl methyl sites for hydroxylation is 1. The lowest BCUT2D eigenvalue weighted by Crippen LogP contribution is -2.32. The monoisotopic (exact) mass is 424 g/mol. The highest BCUT2D eigenvalue weighted by atomic mass is 16.5. The van der Waals surface area contributed by atoms with Crippen molar-refractivity contribution in [2.24, 2.45) is 0 Å². The van der Waals surface area contributed by atoms with E-state index in [2.05, 4.69) is 4.98 Å². The highest BCUT2D eigenvalue weighted by molar-refractivity contribution is 6.46. The number of amides is 1. The molecule has 1 saturated heterocycles. The highest BCUT2D eigenvalue weighted by Crippen LogP contribution is 2.41. The zero-order chi connectivity index (χ0) is 22.7. The van der Waals surface area contributed by atoms with Crippen molar-refractivity contribution in [2.75, 3.05) is 27.4 Å². The van der Waals surface area contributed by atoms with Gasteiger partial charge in [0.15, 0.2) is 0 Å². The minimum atomic E-state index is -0.720. The Kier molecular flexibility index (Phi) is 6.75. The molecule has 1 aromatic heterocycles. The lowest BCUT2D eigenvalue weighted by Gasteiger charge is -2.25. The van der Waals surface area contributed by atoms with Crippen molar-refractivity contribution in [1.29, 1.82) is 0 Å². The number of hydrogen-bond donors (Lipinski definition) is 1. The van der Waals surface area contributed by atoms with E-state index in [0.717, 1.165) is 16.9 Å². The van der Waals surface area contributed by atoms with Crippen LogP contribution in [0.25, 0.3) is 5.76 Å². The molecule has 0 radical (unpaired) electrons. The minimum absolute atomic E-state index is 0.0651.